The summed E-state index contributed by atoms with van der Waals surface area (Å²) in [4.78, 5) is 14.2. The quantitative estimate of drug-likeness (QED) is 0.867. The van der Waals surface area contributed by atoms with Crippen LogP contribution in [0.2, 0.25) is 0 Å². The maximum Gasteiger partial charge on any atom is 0.317 e. The fourth-order valence-corrected chi connectivity index (χ4v) is 3.70. The van der Waals surface area contributed by atoms with Crippen molar-refractivity contribution in [3.8, 4) is 0 Å². The number of hydrogen-bond acceptors (Lipinski definition) is 2. The summed E-state index contributed by atoms with van der Waals surface area (Å²) in [6, 6.07) is 8.85. The number of hydrogen-bond donors (Lipinski definition) is 1. The van der Waals surface area contributed by atoms with Crippen LogP contribution in [-0.2, 0) is 11.2 Å². The SMILES string of the molecule is Cc1ccccc1CC1CN(C(=O)NC(C)CCC2CCCO2)C1. The van der Waals surface area contributed by atoms with E-state index in [1.165, 1.54) is 24.0 Å². The van der Waals surface area contributed by atoms with Crippen LogP contribution in [-0.4, -0.2) is 42.8 Å². The number of nitrogens with zero attached hydrogens (tertiary/aromatic N) is 1. The van der Waals surface area contributed by atoms with Gasteiger partial charge in [0.05, 0.1) is 6.10 Å². The molecule has 2 saturated heterocycles. The largest absolute Gasteiger partial charge is 0.378 e. The van der Waals surface area contributed by atoms with Crippen LogP contribution in [0, 0.1) is 12.8 Å². The number of amides is 2. The average molecular weight is 330 g/mol. The molecule has 2 aliphatic heterocycles. The highest BCUT2D eigenvalue weighted by molar-refractivity contribution is 5.75. The van der Waals surface area contributed by atoms with Crippen LogP contribution < -0.4 is 5.32 Å². The first-order valence-electron chi connectivity index (χ1n) is 9.33. The van der Waals surface area contributed by atoms with Crippen LogP contribution in [0.5, 0.6) is 0 Å². The minimum atomic E-state index is 0.0934. The molecule has 2 amide bonds. The maximum absolute atomic E-state index is 12.3. The second-order valence-electron chi connectivity index (χ2n) is 7.46. The lowest BCUT2D eigenvalue weighted by Crippen LogP contribution is -2.55. The smallest absolute Gasteiger partial charge is 0.317 e. The van der Waals surface area contributed by atoms with Gasteiger partial charge in [0.15, 0.2) is 0 Å². The zero-order valence-corrected chi connectivity index (χ0v) is 15.0. The average Bonchev–Trinajstić information content (AvgIpc) is 3.03. The summed E-state index contributed by atoms with van der Waals surface area (Å²) in [5.74, 6) is 0.596. The van der Waals surface area contributed by atoms with Crippen LogP contribution in [0.1, 0.15) is 43.7 Å². The van der Waals surface area contributed by atoms with Gasteiger partial charge in [-0.25, -0.2) is 4.79 Å². The molecule has 24 heavy (non-hydrogen) atoms. The fourth-order valence-electron chi connectivity index (χ4n) is 3.70. The lowest BCUT2D eigenvalue weighted by Gasteiger charge is -2.40. The summed E-state index contributed by atoms with van der Waals surface area (Å²) in [6.07, 6.45) is 5.89. The molecule has 1 aromatic carbocycles. The Balaban J connectivity index is 1.34. The van der Waals surface area contributed by atoms with E-state index < -0.39 is 0 Å². The van der Waals surface area contributed by atoms with Crippen LogP contribution in [0.25, 0.3) is 0 Å². The summed E-state index contributed by atoms with van der Waals surface area (Å²) in [6.45, 7) is 6.91. The summed E-state index contributed by atoms with van der Waals surface area (Å²) in [7, 11) is 0. The van der Waals surface area contributed by atoms with E-state index in [4.69, 9.17) is 4.74 Å². The molecule has 2 unspecified atom stereocenters. The summed E-state index contributed by atoms with van der Waals surface area (Å²) in [5.41, 5.74) is 2.76. The zero-order valence-electron chi connectivity index (χ0n) is 15.0. The topological polar surface area (TPSA) is 41.6 Å². The highest BCUT2D eigenvalue weighted by Gasteiger charge is 2.31. The first kappa shape index (κ1) is 17.3. The second kappa shape index (κ2) is 8.02. The molecule has 2 heterocycles. The molecule has 0 spiro atoms. The third-order valence-electron chi connectivity index (χ3n) is 5.33. The highest BCUT2D eigenvalue weighted by Crippen LogP contribution is 2.22. The predicted molar refractivity (Wildman–Crippen MR) is 96.1 cm³/mol. The molecular formula is C20H30N2O2. The highest BCUT2D eigenvalue weighted by atomic mass is 16.5. The van der Waals surface area contributed by atoms with Crippen molar-refractivity contribution in [3.05, 3.63) is 35.4 Å². The van der Waals surface area contributed by atoms with Gasteiger partial charge in [-0.1, -0.05) is 24.3 Å². The maximum atomic E-state index is 12.3. The number of rotatable bonds is 6. The summed E-state index contributed by atoms with van der Waals surface area (Å²) < 4.78 is 5.65. The Morgan fingerprint density at radius 2 is 2.17 bits per heavy atom. The van der Waals surface area contributed by atoms with Gasteiger partial charge in [0, 0.05) is 25.7 Å². The number of likely N-dealkylation sites (tertiary alicyclic amines) is 1. The minimum Gasteiger partial charge on any atom is -0.378 e. The van der Waals surface area contributed by atoms with Gasteiger partial charge >= 0.3 is 6.03 Å². The molecule has 0 aliphatic carbocycles. The van der Waals surface area contributed by atoms with E-state index in [9.17, 15) is 4.79 Å². The van der Waals surface area contributed by atoms with E-state index in [-0.39, 0.29) is 12.1 Å². The van der Waals surface area contributed by atoms with Crippen molar-refractivity contribution in [1.29, 1.82) is 0 Å². The van der Waals surface area contributed by atoms with Crippen molar-refractivity contribution in [2.45, 2.75) is 58.1 Å². The Labute approximate surface area is 145 Å². The van der Waals surface area contributed by atoms with Gasteiger partial charge in [-0.15, -0.1) is 0 Å². The molecule has 132 valence electrons. The van der Waals surface area contributed by atoms with Gasteiger partial charge in [-0.3, -0.25) is 0 Å². The first-order valence-corrected chi connectivity index (χ1v) is 9.33. The monoisotopic (exact) mass is 330 g/mol. The van der Waals surface area contributed by atoms with Gasteiger partial charge in [0.25, 0.3) is 0 Å². The molecule has 0 radical (unpaired) electrons. The van der Waals surface area contributed by atoms with Crippen LogP contribution in [0.3, 0.4) is 0 Å². The van der Waals surface area contributed by atoms with Crippen molar-refractivity contribution < 1.29 is 9.53 Å². The predicted octanol–water partition coefficient (Wildman–Crippen LogP) is 3.53. The molecule has 4 heteroatoms. The van der Waals surface area contributed by atoms with Crippen molar-refractivity contribution in [2.24, 2.45) is 5.92 Å². The number of carbonyl (C=O) groups excluding carboxylic acids is 1. The molecule has 2 atom stereocenters. The van der Waals surface area contributed by atoms with E-state index in [1.807, 2.05) is 4.90 Å². The molecule has 2 fully saturated rings. The van der Waals surface area contributed by atoms with E-state index in [2.05, 4.69) is 43.4 Å². The lowest BCUT2D eigenvalue weighted by molar-refractivity contribution is 0.0977. The molecule has 0 saturated carbocycles. The molecule has 1 aromatic rings. The van der Waals surface area contributed by atoms with Crippen LogP contribution >= 0.6 is 0 Å². The molecule has 4 nitrogen and oxygen atoms in total. The molecule has 1 N–H and O–H groups in total. The number of nitrogens with one attached hydrogen (secondary N) is 1. The Kier molecular flexibility index (Phi) is 5.77. The Morgan fingerprint density at radius 1 is 1.38 bits per heavy atom. The third-order valence-corrected chi connectivity index (χ3v) is 5.33. The number of urea groups is 1. The van der Waals surface area contributed by atoms with Crippen molar-refractivity contribution in [1.82, 2.24) is 10.2 Å². The van der Waals surface area contributed by atoms with Gasteiger partial charge in [0.2, 0.25) is 0 Å². The second-order valence-corrected chi connectivity index (χ2v) is 7.46. The molecule has 3 rings (SSSR count). The summed E-state index contributed by atoms with van der Waals surface area (Å²) >= 11 is 0. The zero-order chi connectivity index (χ0) is 16.9. The molecule has 0 bridgehead atoms. The normalized spacial score (nSPS) is 22.2. The number of aryl methyl sites for hydroxylation is 1. The van der Waals surface area contributed by atoms with Gasteiger partial charge in [-0.05, 0) is 63.0 Å². The summed E-state index contributed by atoms with van der Waals surface area (Å²) in [5, 5.41) is 3.13. The fraction of sp³-hybridized carbons (Fsp3) is 0.650. The van der Waals surface area contributed by atoms with Crippen LogP contribution in [0.15, 0.2) is 24.3 Å². The van der Waals surface area contributed by atoms with Gasteiger partial charge in [-0.2, -0.15) is 0 Å². The standard InChI is InChI=1S/C20H30N2O2/c1-15-6-3-4-7-18(15)12-17-13-22(14-17)20(23)21-16(2)9-10-19-8-5-11-24-19/h3-4,6-7,16-17,19H,5,8-14H2,1-2H3,(H,21,23). The van der Waals surface area contributed by atoms with Crippen molar-refractivity contribution in [2.75, 3.05) is 19.7 Å². The Hall–Kier alpha value is -1.55. The molecular weight excluding hydrogens is 300 g/mol. The van der Waals surface area contributed by atoms with Gasteiger partial charge < -0.3 is 15.0 Å². The van der Waals surface area contributed by atoms with Gasteiger partial charge in [0.1, 0.15) is 0 Å². The van der Waals surface area contributed by atoms with E-state index in [0.717, 1.165) is 39.0 Å². The van der Waals surface area contributed by atoms with Crippen molar-refractivity contribution >= 4 is 6.03 Å². The van der Waals surface area contributed by atoms with E-state index >= 15 is 0 Å². The first-order chi connectivity index (χ1) is 11.6. The minimum absolute atomic E-state index is 0.0934. The Morgan fingerprint density at radius 3 is 2.88 bits per heavy atom. The molecule has 0 aromatic heterocycles. The lowest BCUT2D eigenvalue weighted by atomic mass is 9.90. The van der Waals surface area contributed by atoms with Crippen LogP contribution in [0.4, 0.5) is 4.79 Å². The van der Waals surface area contributed by atoms with E-state index in [1.54, 1.807) is 0 Å². The number of benzene rings is 1. The third kappa shape index (κ3) is 4.50. The van der Waals surface area contributed by atoms with E-state index in [0.29, 0.717) is 12.0 Å². The Bertz CT molecular complexity index is 548. The molecule has 2 aliphatic rings. The van der Waals surface area contributed by atoms with Crippen molar-refractivity contribution in [3.63, 3.8) is 0 Å². The number of carbonyl (C=O) groups is 1. The number of ether oxygens (including phenoxy) is 1.